The minimum absolute atomic E-state index is 0. The lowest BCUT2D eigenvalue weighted by molar-refractivity contribution is 0.0607. The molecule has 0 radical (unpaired) electrons. The van der Waals surface area contributed by atoms with Crippen LogP contribution in [0.5, 0.6) is 0 Å². The molecule has 2 heterocycles. The van der Waals surface area contributed by atoms with E-state index in [0.29, 0.717) is 17.4 Å². The number of fused-ring (bicyclic) bond motifs is 1. The third-order valence-electron chi connectivity index (χ3n) is 7.23. The van der Waals surface area contributed by atoms with E-state index in [1.165, 1.54) is 5.57 Å². The molecule has 1 amide bonds. The van der Waals surface area contributed by atoms with Crippen LogP contribution in [0.1, 0.15) is 58.3 Å². The van der Waals surface area contributed by atoms with Crippen LogP contribution in [-0.4, -0.2) is 57.8 Å². The van der Waals surface area contributed by atoms with E-state index in [1.807, 2.05) is 30.3 Å². The SMILES string of the molecule is C.CC(C)[C@H](CN1CC[C@H](C2=CCC(Cl)C=C2)C(C)(C)C1)NC(=O)c1ccc2ncccc2c1.O.O. The summed E-state index contributed by atoms with van der Waals surface area (Å²) in [4.78, 5) is 20.0. The molecule has 2 aromatic rings. The molecule has 0 bridgehead atoms. The number of carbonyl (C=O) groups excluding carboxylic acids is 1. The van der Waals surface area contributed by atoms with Gasteiger partial charge in [0.15, 0.2) is 0 Å². The van der Waals surface area contributed by atoms with E-state index in [-0.39, 0.29) is 41.1 Å². The molecule has 4 rings (SSSR count). The minimum atomic E-state index is -0.0123. The number of hydrogen-bond donors (Lipinski definition) is 1. The van der Waals surface area contributed by atoms with Crippen LogP contribution in [-0.2, 0) is 0 Å². The lowest BCUT2D eigenvalue weighted by Crippen LogP contribution is -2.52. The van der Waals surface area contributed by atoms with E-state index in [2.05, 4.69) is 61.1 Å². The summed E-state index contributed by atoms with van der Waals surface area (Å²) in [5.74, 6) is 0.885. The summed E-state index contributed by atoms with van der Waals surface area (Å²) in [6.07, 6.45) is 10.5. The number of allylic oxidation sites excluding steroid dienone is 4. The van der Waals surface area contributed by atoms with Gasteiger partial charge in [0, 0.05) is 36.3 Å². The fraction of sp³-hybridized carbons (Fsp3) is 0.517. The fourth-order valence-electron chi connectivity index (χ4n) is 5.28. The monoisotopic (exact) mass is 517 g/mol. The van der Waals surface area contributed by atoms with Crippen molar-refractivity contribution in [1.29, 1.82) is 0 Å². The first-order chi connectivity index (χ1) is 15.7. The van der Waals surface area contributed by atoms with Crippen LogP contribution in [0.3, 0.4) is 0 Å². The van der Waals surface area contributed by atoms with Crippen molar-refractivity contribution in [3.8, 4) is 0 Å². The quantitative estimate of drug-likeness (QED) is 0.555. The summed E-state index contributed by atoms with van der Waals surface area (Å²) in [6.45, 7) is 12.1. The number of halogens is 1. The molecule has 36 heavy (non-hydrogen) atoms. The number of pyridine rings is 1. The van der Waals surface area contributed by atoms with Crippen molar-refractivity contribution in [3.63, 3.8) is 0 Å². The summed E-state index contributed by atoms with van der Waals surface area (Å²) in [7, 11) is 0. The Morgan fingerprint density at radius 1 is 1.25 bits per heavy atom. The second-order valence-corrected chi connectivity index (χ2v) is 11.2. The van der Waals surface area contributed by atoms with Gasteiger partial charge < -0.3 is 21.2 Å². The average molecular weight is 518 g/mol. The highest BCUT2D eigenvalue weighted by atomic mass is 35.5. The molecular formula is C29H44ClN3O3. The third-order valence-corrected chi connectivity index (χ3v) is 7.55. The smallest absolute Gasteiger partial charge is 0.251 e. The van der Waals surface area contributed by atoms with Crippen molar-refractivity contribution in [3.05, 3.63) is 65.9 Å². The number of amides is 1. The summed E-state index contributed by atoms with van der Waals surface area (Å²) in [5, 5.41) is 4.43. The molecule has 2 aliphatic rings. The maximum atomic E-state index is 13.1. The first-order valence-corrected chi connectivity index (χ1v) is 12.6. The fourth-order valence-corrected chi connectivity index (χ4v) is 5.44. The van der Waals surface area contributed by atoms with Gasteiger partial charge in [0.05, 0.1) is 10.9 Å². The molecule has 1 fully saturated rings. The van der Waals surface area contributed by atoms with Gasteiger partial charge in [-0.15, -0.1) is 11.6 Å². The highest BCUT2D eigenvalue weighted by Gasteiger charge is 2.38. The Bertz CT molecular complexity index is 1070. The van der Waals surface area contributed by atoms with E-state index in [1.54, 1.807) is 6.20 Å². The normalized spacial score (nSPS) is 22.0. The van der Waals surface area contributed by atoms with Crippen LogP contribution in [0.2, 0.25) is 0 Å². The Hall–Kier alpha value is -2.25. The zero-order valence-corrected chi connectivity index (χ0v) is 22.0. The maximum absolute atomic E-state index is 13.1. The number of carbonyl (C=O) groups is 1. The van der Waals surface area contributed by atoms with Gasteiger partial charge in [-0.05, 0) is 66.5 Å². The molecule has 0 spiro atoms. The van der Waals surface area contributed by atoms with Gasteiger partial charge >= 0.3 is 0 Å². The minimum Gasteiger partial charge on any atom is -0.412 e. The Kier molecular flexibility index (Phi) is 11.8. The summed E-state index contributed by atoms with van der Waals surface area (Å²) < 4.78 is 0. The molecule has 200 valence electrons. The molecule has 3 atom stereocenters. The highest BCUT2D eigenvalue weighted by molar-refractivity contribution is 6.22. The van der Waals surface area contributed by atoms with Crippen molar-refractivity contribution < 1.29 is 15.7 Å². The molecular weight excluding hydrogens is 474 g/mol. The van der Waals surface area contributed by atoms with Crippen molar-refractivity contribution in [2.45, 2.75) is 59.4 Å². The lowest BCUT2D eigenvalue weighted by Gasteiger charge is -2.46. The number of piperidine rings is 1. The largest absolute Gasteiger partial charge is 0.412 e. The van der Waals surface area contributed by atoms with Crippen molar-refractivity contribution >= 4 is 28.4 Å². The number of aromatic nitrogens is 1. The average Bonchev–Trinajstić information content (AvgIpc) is 2.78. The van der Waals surface area contributed by atoms with Crippen LogP contribution in [0.25, 0.3) is 10.9 Å². The number of likely N-dealkylation sites (tertiary alicyclic amines) is 1. The van der Waals surface area contributed by atoms with E-state index in [0.717, 1.165) is 43.4 Å². The molecule has 1 unspecified atom stereocenters. The first kappa shape index (κ1) is 31.8. The summed E-state index contributed by atoms with van der Waals surface area (Å²) >= 11 is 6.24. The summed E-state index contributed by atoms with van der Waals surface area (Å²) in [6, 6.07) is 9.71. The topological polar surface area (TPSA) is 108 Å². The number of rotatable bonds is 6. The predicted molar refractivity (Wildman–Crippen MR) is 152 cm³/mol. The second-order valence-electron chi connectivity index (χ2n) is 10.6. The van der Waals surface area contributed by atoms with E-state index in [9.17, 15) is 4.79 Å². The zero-order valence-electron chi connectivity index (χ0n) is 21.2. The van der Waals surface area contributed by atoms with Crippen molar-refractivity contribution in [2.24, 2.45) is 17.3 Å². The van der Waals surface area contributed by atoms with E-state index < -0.39 is 0 Å². The van der Waals surface area contributed by atoms with Gasteiger partial charge in [0.1, 0.15) is 0 Å². The second kappa shape index (κ2) is 13.3. The number of alkyl halides is 1. The van der Waals surface area contributed by atoms with Crippen LogP contribution < -0.4 is 5.32 Å². The third kappa shape index (κ3) is 7.39. The molecule has 1 saturated heterocycles. The molecule has 5 N–H and O–H groups in total. The lowest BCUT2D eigenvalue weighted by atomic mass is 9.69. The van der Waals surface area contributed by atoms with E-state index >= 15 is 0 Å². The number of nitrogens with one attached hydrogen (secondary N) is 1. The molecule has 1 aliphatic carbocycles. The summed E-state index contributed by atoms with van der Waals surface area (Å²) in [5.41, 5.74) is 3.21. The highest BCUT2D eigenvalue weighted by Crippen LogP contribution is 2.41. The van der Waals surface area contributed by atoms with Crippen molar-refractivity contribution in [2.75, 3.05) is 19.6 Å². The van der Waals surface area contributed by atoms with Crippen LogP contribution >= 0.6 is 11.6 Å². The molecule has 6 nitrogen and oxygen atoms in total. The molecule has 1 aromatic carbocycles. The molecule has 0 saturated carbocycles. The van der Waals surface area contributed by atoms with E-state index in [4.69, 9.17) is 11.6 Å². The Morgan fingerprint density at radius 2 is 2.00 bits per heavy atom. The van der Waals surface area contributed by atoms with Gasteiger partial charge in [-0.25, -0.2) is 0 Å². The Balaban J connectivity index is 0.00000216. The standard InChI is InChI=1S/C28H36ClN3O.CH4.2H2O/c1-19(2)26(31-27(33)22-9-12-25-21(16-22)6-5-14-30-25)17-32-15-13-24(28(3,4)18-32)20-7-10-23(29)11-8-20;;;/h5-10,12,14,16,19,23-24,26H,11,13,15,17-18H2,1-4H3,(H,31,33);1H4;2*1H2/t23?,24-,26+;;;/m1.../s1. The van der Waals surface area contributed by atoms with Gasteiger partial charge in [0.2, 0.25) is 0 Å². The van der Waals surface area contributed by atoms with Gasteiger partial charge in [-0.2, -0.15) is 0 Å². The maximum Gasteiger partial charge on any atom is 0.251 e. The first-order valence-electron chi connectivity index (χ1n) is 12.1. The zero-order chi connectivity index (χ0) is 23.6. The van der Waals surface area contributed by atoms with Gasteiger partial charge in [0.25, 0.3) is 5.91 Å². The number of nitrogens with zero attached hydrogens (tertiary/aromatic N) is 2. The van der Waals surface area contributed by atoms with Crippen LogP contribution in [0.4, 0.5) is 0 Å². The molecule has 1 aliphatic heterocycles. The van der Waals surface area contributed by atoms with Gasteiger partial charge in [-0.3, -0.25) is 9.78 Å². The van der Waals surface area contributed by atoms with Crippen LogP contribution in [0, 0.1) is 17.3 Å². The Labute approximate surface area is 221 Å². The molecule has 7 heteroatoms. The van der Waals surface area contributed by atoms with Gasteiger partial charge in [-0.1, -0.05) is 59.4 Å². The van der Waals surface area contributed by atoms with Crippen LogP contribution in [0.15, 0.2) is 60.3 Å². The van der Waals surface area contributed by atoms with Crippen molar-refractivity contribution in [1.82, 2.24) is 15.2 Å². The number of hydrogen-bond acceptors (Lipinski definition) is 3. The Morgan fingerprint density at radius 3 is 2.64 bits per heavy atom. The molecule has 1 aromatic heterocycles. The predicted octanol–water partition coefficient (Wildman–Crippen LogP) is 4.82. The number of benzene rings is 1.